The zero-order valence-electron chi connectivity index (χ0n) is 17.5. The van der Waals surface area contributed by atoms with Crippen molar-refractivity contribution in [1.29, 1.82) is 0 Å². The van der Waals surface area contributed by atoms with Crippen molar-refractivity contribution in [3.05, 3.63) is 82.0 Å². The number of hydrogen-bond donors (Lipinski definition) is 2. The lowest BCUT2D eigenvalue weighted by molar-refractivity contribution is 0.101. The molecule has 2 N–H and O–H groups in total. The first kappa shape index (κ1) is 23.1. The summed E-state index contributed by atoms with van der Waals surface area (Å²) in [6.45, 7) is 9.33. The Balaban J connectivity index is 1.70. The lowest BCUT2D eigenvalue weighted by atomic mass is 10.0. The molecule has 0 atom stereocenters. The van der Waals surface area contributed by atoms with Crippen molar-refractivity contribution >= 4 is 34.8 Å². The molecule has 0 aliphatic rings. The summed E-state index contributed by atoms with van der Waals surface area (Å²) < 4.78 is 5.37. The van der Waals surface area contributed by atoms with E-state index < -0.39 is 0 Å². The summed E-state index contributed by atoms with van der Waals surface area (Å²) in [7, 11) is 0. The molecule has 5 nitrogen and oxygen atoms in total. The zero-order chi connectivity index (χ0) is 22.4. The molecule has 162 valence electrons. The van der Waals surface area contributed by atoms with Crippen LogP contribution in [0.25, 0.3) is 11.3 Å². The van der Waals surface area contributed by atoms with Gasteiger partial charge in [0.25, 0.3) is 5.91 Å². The van der Waals surface area contributed by atoms with Crippen molar-refractivity contribution in [3.8, 4) is 11.3 Å². The van der Waals surface area contributed by atoms with Crippen LogP contribution in [-0.4, -0.2) is 17.6 Å². The van der Waals surface area contributed by atoms with Crippen LogP contribution in [-0.2, 0) is 13.0 Å². The van der Waals surface area contributed by atoms with Gasteiger partial charge in [-0.15, -0.1) is 6.58 Å². The summed E-state index contributed by atoms with van der Waals surface area (Å²) in [5, 5.41) is 11.1. The standard InChI is InChI=1S/C24H25Cl2N3O2/c1-4-9-27-14-16-5-8-19(21(26)11-16)23-13-22(29-31-23)24(30)28-18-7-6-17(10-15(2)3)20(25)12-18/h4-8,11-13,15,27H,1,9-10,14H2,2-3H3,(H,28,30). The van der Waals surface area contributed by atoms with E-state index in [1.807, 2.05) is 30.3 Å². The Morgan fingerprint density at radius 1 is 1.16 bits per heavy atom. The van der Waals surface area contributed by atoms with Gasteiger partial charge in [0.1, 0.15) is 0 Å². The average Bonchev–Trinajstić information content (AvgIpc) is 3.20. The molecule has 31 heavy (non-hydrogen) atoms. The summed E-state index contributed by atoms with van der Waals surface area (Å²) in [4.78, 5) is 12.6. The molecule has 1 amide bonds. The van der Waals surface area contributed by atoms with Crippen molar-refractivity contribution in [2.24, 2.45) is 5.92 Å². The second kappa shape index (κ2) is 10.6. The van der Waals surface area contributed by atoms with Crippen LogP contribution < -0.4 is 10.6 Å². The minimum absolute atomic E-state index is 0.158. The van der Waals surface area contributed by atoms with Gasteiger partial charge in [-0.2, -0.15) is 0 Å². The molecule has 3 aromatic rings. The van der Waals surface area contributed by atoms with Crippen LogP contribution >= 0.6 is 23.2 Å². The van der Waals surface area contributed by atoms with Crippen LogP contribution in [0.15, 0.2) is 59.6 Å². The number of rotatable bonds is 9. The molecule has 0 saturated heterocycles. The summed E-state index contributed by atoms with van der Waals surface area (Å²) in [5.41, 5.74) is 3.51. The van der Waals surface area contributed by atoms with Crippen molar-refractivity contribution < 1.29 is 9.32 Å². The quantitative estimate of drug-likeness (QED) is 0.289. The minimum atomic E-state index is -0.385. The Kier molecular flexibility index (Phi) is 7.91. The number of halogens is 2. The van der Waals surface area contributed by atoms with Crippen LogP contribution in [0, 0.1) is 5.92 Å². The SMILES string of the molecule is C=CCNCc1ccc(-c2cc(C(=O)Nc3ccc(CC(C)C)c(Cl)c3)no2)c(Cl)c1. The van der Waals surface area contributed by atoms with Gasteiger partial charge in [-0.25, -0.2) is 0 Å². The van der Waals surface area contributed by atoms with Crippen molar-refractivity contribution in [1.82, 2.24) is 10.5 Å². The maximum Gasteiger partial charge on any atom is 0.277 e. The highest BCUT2D eigenvalue weighted by Gasteiger charge is 2.16. The first-order valence-corrected chi connectivity index (χ1v) is 10.8. The van der Waals surface area contributed by atoms with E-state index in [9.17, 15) is 4.79 Å². The molecule has 3 rings (SSSR count). The smallest absolute Gasteiger partial charge is 0.277 e. The molecule has 7 heteroatoms. The highest BCUT2D eigenvalue weighted by molar-refractivity contribution is 6.33. The fourth-order valence-electron chi connectivity index (χ4n) is 3.12. The highest BCUT2D eigenvalue weighted by Crippen LogP contribution is 2.30. The third kappa shape index (κ3) is 6.20. The Bertz CT molecular complexity index is 1080. The third-order valence-corrected chi connectivity index (χ3v) is 5.26. The maximum absolute atomic E-state index is 12.6. The molecule has 0 aliphatic carbocycles. The highest BCUT2D eigenvalue weighted by atomic mass is 35.5. The number of nitrogens with zero attached hydrogens (tertiary/aromatic N) is 1. The van der Waals surface area contributed by atoms with Crippen molar-refractivity contribution in [3.63, 3.8) is 0 Å². The van der Waals surface area contributed by atoms with Gasteiger partial charge in [0, 0.05) is 35.4 Å². The summed E-state index contributed by atoms with van der Waals surface area (Å²) in [6, 6.07) is 12.7. The van der Waals surface area contributed by atoms with Crippen LogP contribution in [0.5, 0.6) is 0 Å². The van der Waals surface area contributed by atoms with E-state index in [-0.39, 0.29) is 11.6 Å². The first-order chi connectivity index (χ1) is 14.9. The minimum Gasteiger partial charge on any atom is -0.355 e. The van der Waals surface area contributed by atoms with E-state index in [0.29, 0.717) is 46.1 Å². The topological polar surface area (TPSA) is 67.2 Å². The lowest BCUT2D eigenvalue weighted by Gasteiger charge is -2.09. The fraction of sp³-hybridized carbons (Fsp3) is 0.250. The molecule has 0 radical (unpaired) electrons. The molecule has 1 aromatic heterocycles. The van der Waals surface area contributed by atoms with E-state index in [1.54, 1.807) is 18.2 Å². The van der Waals surface area contributed by atoms with Crippen LogP contribution in [0.1, 0.15) is 35.5 Å². The van der Waals surface area contributed by atoms with Crippen LogP contribution in [0.2, 0.25) is 10.0 Å². The van der Waals surface area contributed by atoms with E-state index in [2.05, 4.69) is 36.2 Å². The summed E-state index contributed by atoms with van der Waals surface area (Å²) in [6.07, 6.45) is 2.68. The van der Waals surface area contributed by atoms with Gasteiger partial charge in [-0.3, -0.25) is 4.79 Å². The predicted molar refractivity (Wildman–Crippen MR) is 127 cm³/mol. The van der Waals surface area contributed by atoms with Gasteiger partial charge < -0.3 is 15.2 Å². The Labute approximate surface area is 192 Å². The second-order valence-corrected chi connectivity index (χ2v) is 8.48. The number of benzene rings is 2. The van der Waals surface area contributed by atoms with E-state index in [1.165, 1.54) is 0 Å². The number of nitrogens with one attached hydrogen (secondary N) is 2. The number of aromatic nitrogens is 1. The molecule has 0 aliphatic heterocycles. The monoisotopic (exact) mass is 457 g/mol. The van der Waals surface area contributed by atoms with Crippen LogP contribution in [0.4, 0.5) is 5.69 Å². The number of amides is 1. The van der Waals surface area contributed by atoms with Crippen molar-refractivity contribution in [2.75, 3.05) is 11.9 Å². The largest absolute Gasteiger partial charge is 0.355 e. The van der Waals surface area contributed by atoms with Gasteiger partial charge in [0.05, 0.1) is 5.02 Å². The Hall–Kier alpha value is -2.60. The fourth-order valence-corrected chi connectivity index (χ4v) is 3.68. The molecule has 0 fully saturated rings. The van der Waals surface area contributed by atoms with Gasteiger partial charge in [0.2, 0.25) is 0 Å². The molecule has 1 heterocycles. The molecule has 2 aromatic carbocycles. The average molecular weight is 458 g/mol. The van der Waals surface area contributed by atoms with Gasteiger partial charge in [0.15, 0.2) is 11.5 Å². The number of carbonyl (C=O) groups excluding carboxylic acids is 1. The van der Waals surface area contributed by atoms with E-state index >= 15 is 0 Å². The normalized spacial score (nSPS) is 11.0. The number of carbonyl (C=O) groups is 1. The summed E-state index contributed by atoms with van der Waals surface area (Å²) >= 11 is 12.8. The molecule has 0 saturated carbocycles. The Morgan fingerprint density at radius 3 is 2.65 bits per heavy atom. The van der Waals surface area contributed by atoms with Gasteiger partial charge in [-0.05, 0) is 47.7 Å². The predicted octanol–water partition coefficient (Wildman–Crippen LogP) is 6.37. The van der Waals surface area contributed by atoms with Crippen LogP contribution in [0.3, 0.4) is 0 Å². The summed E-state index contributed by atoms with van der Waals surface area (Å²) in [5.74, 6) is 0.533. The van der Waals surface area contributed by atoms with E-state index in [4.69, 9.17) is 27.7 Å². The maximum atomic E-state index is 12.6. The van der Waals surface area contributed by atoms with Gasteiger partial charge >= 0.3 is 0 Å². The van der Waals surface area contributed by atoms with Gasteiger partial charge in [-0.1, -0.05) is 60.4 Å². The molecule has 0 bridgehead atoms. The first-order valence-electron chi connectivity index (χ1n) is 10.0. The third-order valence-electron chi connectivity index (χ3n) is 4.60. The molecule has 0 spiro atoms. The van der Waals surface area contributed by atoms with E-state index in [0.717, 1.165) is 17.5 Å². The molecule has 0 unspecified atom stereocenters. The Morgan fingerprint density at radius 2 is 1.97 bits per heavy atom. The molecular formula is C24H25Cl2N3O2. The second-order valence-electron chi connectivity index (χ2n) is 7.67. The number of hydrogen-bond acceptors (Lipinski definition) is 4. The zero-order valence-corrected chi connectivity index (χ0v) is 19.1. The number of anilines is 1. The lowest BCUT2D eigenvalue weighted by Crippen LogP contribution is -2.12. The molecular weight excluding hydrogens is 433 g/mol. The van der Waals surface area contributed by atoms with Crippen molar-refractivity contribution in [2.45, 2.75) is 26.8 Å².